The molecule has 7 nitrogen and oxygen atoms in total. The largest absolute Gasteiger partial charge is 0.383 e. The smallest absolute Gasteiger partial charge is 0.266 e. The molecular weight excluding hydrogens is 350 g/mol. The van der Waals surface area contributed by atoms with Gasteiger partial charge in [-0.1, -0.05) is 30.3 Å². The van der Waals surface area contributed by atoms with Crippen LogP contribution in [0.5, 0.6) is 0 Å². The number of hydrogen-bond acceptors (Lipinski definition) is 5. The van der Waals surface area contributed by atoms with Gasteiger partial charge in [0.25, 0.3) is 10.0 Å². The first-order valence-corrected chi connectivity index (χ1v) is 9.72. The lowest BCUT2D eigenvalue weighted by Crippen LogP contribution is -2.15. The first-order chi connectivity index (χ1) is 12.5. The number of hydrogen-bond donors (Lipinski definition) is 3. The second-order valence-corrected chi connectivity index (χ2v) is 7.58. The van der Waals surface area contributed by atoms with Gasteiger partial charge < -0.3 is 5.32 Å². The van der Waals surface area contributed by atoms with E-state index in [1.807, 2.05) is 18.2 Å². The standard InChI is InChI=1S/C18H21N5O2S/c1-13-18(14(2)22-21-13)26(24,25)23-17-9-8-16(12-20-17)19-11-10-15-6-4-3-5-7-15/h3-9,12,19H,10-11H2,1-2H3,(H,20,23)(H,21,22). The number of H-pyrrole nitrogens is 1. The van der Waals surface area contributed by atoms with Crippen LogP contribution in [0.3, 0.4) is 0 Å². The summed E-state index contributed by atoms with van der Waals surface area (Å²) >= 11 is 0. The maximum Gasteiger partial charge on any atom is 0.266 e. The van der Waals surface area contributed by atoms with Crippen LogP contribution >= 0.6 is 0 Å². The molecule has 0 unspecified atom stereocenters. The maximum atomic E-state index is 12.5. The van der Waals surface area contributed by atoms with E-state index in [9.17, 15) is 8.42 Å². The van der Waals surface area contributed by atoms with Gasteiger partial charge in [0.15, 0.2) is 0 Å². The van der Waals surface area contributed by atoms with Gasteiger partial charge in [-0.15, -0.1) is 0 Å². The molecule has 26 heavy (non-hydrogen) atoms. The van der Waals surface area contributed by atoms with Crippen molar-refractivity contribution in [1.82, 2.24) is 15.2 Å². The van der Waals surface area contributed by atoms with Gasteiger partial charge in [-0.3, -0.25) is 9.82 Å². The van der Waals surface area contributed by atoms with Crippen LogP contribution in [0, 0.1) is 13.8 Å². The van der Waals surface area contributed by atoms with Gasteiger partial charge in [-0.05, 0) is 38.0 Å². The summed E-state index contributed by atoms with van der Waals surface area (Å²) in [5.74, 6) is 0.263. The van der Waals surface area contributed by atoms with Crippen molar-refractivity contribution in [2.45, 2.75) is 25.2 Å². The van der Waals surface area contributed by atoms with Crippen molar-refractivity contribution in [3.05, 3.63) is 65.6 Å². The van der Waals surface area contributed by atoms with E-state index in [1.54, 1.807) is 32.2 Å². The second kappa shape index (κ2) is 7.57. The van der Waals surface area contributed by atoms with Crippen LogP contribution in [-0.4, -0.2) is 30.1 Å². The van der Waals surface area contributed by atoms with Crippen LogP contribution in [-0.2, 0) is 16.4 Å². The Hall–Kier alpha value is -2.87. The van der Waals surface area contributed by atoms with E-state index in [0.29, 0.717) is 11.4 Å². The van der Waals surface area contributed by atoms with Gasteiger partial charge >= 0.3 is 0 Å². The molecule has 0 aliphatic heterocycles. The average molecular weight is 371 g/mol. The van der Waals surface area contributed by atoms with E-state index >= 15 is 0 Å². The third-order valence-corrected chi connectivity index (χ3v) is 5.53. The summed E-state index contributed by atoms with van der Waals surface area (Å²) in [6.07, 6.45) is 2.51. The fourth-order valence-electron chi connectivity index (χ4n) is 2.68. The average Bonchev–Trinajstić information content (AvgIpc) is 2.96. The van der Waals surface area contributed by atoms with Gasteiger partial charge in [-0.2, -0.15) is 5.10 Å². The summed E-state index contributed by atoms with van der Waals surface area (Å²) < 4.78 is 27.5. The molecule has 0 aliphatic rings. The molecule has 0 saturated carbocycles. The van der Waals surface area contributed by atoms with Crippen LogP contribution in [0.15, 0.2) is 53.6 Å². The van der Waals surface area contributed by atoms with E-state index < -0.39 is 10.0 Å². The van der Waals surface area contributed by atoms with Gasteiger partial charge in [0.1, 0.15) is 10.7 Å². The number of nitrogens with zero attached hydrogens (tertiary/aromatic N) is 2. The topological polar surface area (TPSA) is 99.8 Å². The molecule has 2 heterocycles. The minimum atomic E-state index is -3.72. The molecular formula is C18H21N5O2S. The highest BCUT2D eigenvalue weighted by Gasteiger charge is 2.22. The van der Waals surface area contributed by atoms with E-state index in [2.05, 4.69) is 37.4 Å². The summed E-state index contributed by atoms with van der Waals surface area (Å²) in [5, 5.41) is 9.87. The van der Waals surface area contributed by atoms with Crippen molar-refractivity contribution < 1.29 is 8.42 Å². The molecule has 0 spiro atoms. The van der Waals surface area contributed by atoms with Crippen molar-refractivity contribution in [3.8, 4) is 0 Å². The molecule has 3 rings (SSSR count). The summed E-state index contributed by atoms with van der Waals surface area (Å²) in [4.78, 5) is 4.33. The second-order valence-electron chi connectivity index (χ2n) is 5.96. The molecule has 0 amide bonds. The fourth-order valence-corrected chi connectivity index (χ4v) is 4.06. The summed E-state index contributed by atoms with van der Waals surface area (Å²) in [7, 11) is -3.72. The van der Waals surface area contributed by atoms with Crippen molar-refractivity contribution in [1.29, 1.82) is 0 Å². The first-order valence-electron chi connectivity index (χ1n) is 8.24. The summed E-state index contributed by atoms with van der Waals surface area (Å²) in [6.45, 7) is 4.08. The Balaban J connectivity index is 1.61. The van der Waals surface area contributed by atoms with Crippen molar-refractivity contribution >= 4 is 21.5 Å². The highest BCUT2D eigenvalue weighted by atomic mass is 32.2. The molecule has 0 bridgehead atoms. The highest BCUT2D eigenvalue weighted by molar-refractivity contribution is 7.92. The molecule has 0 fully saturated rings. The normalized spacial score (nSPS) is 11.3. The first kappa shape index (κ1) is 17.9. The van der Waals surface area contributed by atoms with Crippen LogP contribution in [0.25, 0.3) is 0 Å². The number of sulfonamides is 1. The molecule has 0 atom stereocenters. The van der Waals surface area contributed by atoms with E-state index in [-0.39, 0.29) is 10.7 Å². The summed E-state index contributed by atoms with van der Waals surface area (Å²) in [6, 6.07) is 13.6. The highest BCUT2D eigenvalue weighted by Crippen LogP contribution is 2.20. The van der Waals surface area contributed by atoms with Crippen LogP contribution in [0.4, 0.5) is 11.5 Å². The molecule has 0 aliphatic carbocycles. The Morgan fingerprint density at radius 2 is 1.85 bits per heavy atom. The number of anilines is 2. The SMILES string of the molecule is Cc1n[nH]c(C)c1S(=O)(=O)Nc1ccc(NCCc2ccccc2)cn1. The lowest BCUT2D eigenvalue weighted by Gasteiger charge is -2.09. The number of aromatic nitrogens is 3. The Bertz CT molecular complexity index is 947. The molecule has 2 aromatic heterocycles. The molecule has 0 saturated heterocycles. The van der Waals surface area contributed by atoms with Crippen LogP contribution in [0.1, 0.15) is 17.0 Å². The predicted octanol–water partition coefficient (Wildman–Crippen LogP) is 2.88. The van der Waals surface area contributed by atoms with E-state index in [0.717, 1.165) is 18.7 Å². The van der Waals surface area contributed by atoms with Crippen molar-refractivity contribution in [2.24, 2.45) is 0 Å². The number of aryl methyl sites for hydroxylation is 2. The zero-order valence-electron chi connectivity index (χ0n) is 14.7. The zero-order valence-corrected chi connectivity index (χ0v) is 15.5. The lowest BCUT2D eigenvalue weighted by molar-refractivity contribution is 0.600. The van der Waals surface area contributed by atoms with Gasteiger partial charge in [0.05, 0.1) is 23.3 Å². The number of rotatable bonds is 7. The Labute approximate surface area is 152 Å². The third-order valence-electron chi connectivity index (χ3n) is 3.92. The minimum absolute atomic E-state index is 0.157. The number of nitrogens with one attached hydrogen (secondary N) is 3. The number of aromatic amines is 1. The molecule has 0 radical (unpaired) electrons. The van der Waals surface area contributed by atoms with Crippen LogP contribution in [0.2, 0.25) is 0 Å². The quantitative estimate of drug-likeness (QED) is 0.593. The Morgan fingerprint density at radius 1 is 1.08 bits per heavy atom. The van der Waals surface area contributed by atoms with Gasteiger partial charge in [0.2, 0.25) is 0 Å². The Kier molecular flexibility index (Phi) is 5.22. The fraction of sp³-hybridized carbons (Fsp3) is 0.222. The molecule has 3 N–H and O–H groups in total. The molecule has 8 heteroatoms. The maximum absolute atomic E-state index is 12.5. The number of benzene rings is 1. The third kappa shape index (κ3) is 4.20. The van der Waals surface area contributed by atoms with E-state index in [4.69, 9.17) is 0 Å². The van der Waals surface area contributed by atoms with Crippen molar-refractivity contribution in [3.63, 3.8) is 0 Å². The monoisotopic (exact) mass is 371 g/mol. The minimum Gasteiger partial charge on any atom is -0.383 e. The molecule has 3 aromatic rings. The molecule has 1 aromatic carbocycles. The van der Waals surface area contributed by atoms with Gasteiger partial charge in [-0.25, -0.2) is 13.4 Å². The van der Waals surface area contributed by atoms with Crippen LogP contribution < -0.4 is 10.0 Å². The van der Waals surface area contributed by atoms with Crippen molar-refractivity contribution in [2.75, 3.05) is 16.6 Å². The van der Waals surface area contributed by atoms with E-state index in [1.165, 1.54) is 5.56 Å². The Morgan fingerprint density at radius 3 is 2.46 bits per heavy atom. The number of pyridine rings is 1. The predicted molar refractivity (Wildman–Crippen MR) is 102 cm³/mol. The summed E-state index contributed by atoms with van der Waals surface area (Å²) in [5.41, 5.74) is 3.01. The van der Waals surface area contributed by atoms with Gasteiger partial charge in [0, 0.05) is 6.54 Å². The molecule has 136 valence electrons. The lowest BCUT2D eigenvalue weighted by atomic mass is 10.1. The zero-order chi connectivity index (χ0) is 18.6.